The molecule has 1 heterocycles. The van der Waals surface area contributed by atoms with Gasteiger partial charge in [0.2, 0.25) is 10.0 Å². The molecule has 5 nitrogen and oxygen atoms in total. The minimum absolute atomic E-state index is 0.0264. The Hall–Kier alpha value is -0.820. The number of halogens is 1. The molecule has 1 aromatic rings. The highest BCUT2D eigenvalue weighted by molar-refractivity contribution is 7.89. The van der Waals surface area contributed by atoms with E-state index in [1.807, 2.05) is 0 Å². The number of piperidine rings is 1. The fraction of sp³-hybridized carbons (Fsp3) is 0.538. The second-order valence-electron chi connectivity index (χ2n) is 4.90. The lowest BCUT2D eigenvalue weighted by atomic mass is 10.1. The predicted octanol–water partition coefficient (Wildman–Crippen LogP) is 1.69. The largest absolute Gasteiger partial charge is 0.495 e. The van der Waals surface area contributed by atoms with Gasteiger partial charge in [-0.05, 0) is 50.6 Å². The van der Waals surface area contributed by atoms with Crippen molar-refractivity contribution in [3.05, 3.63) is 22.7 Å². The zero-order chi connectivity index (χ0) is 14.8. The lowest BCUT2D eigenvalue weighted by molar-refractivity contribution is 0.414. The highest BCUT2D eigenvalue weighted by Gasteiger charge is 2.24. The van der Waals surface area contributed by atoms with E-state index >= 15 is 0 Å². The molecule has 0 bridgehead atoms. The Kier molecular flexibility index (Phi) is 4.90. The van der Waals surface area contributed by atoms with Crippen LogP contribution in [-0.2, 0) is 10.0 Å². The summed E-state index contributed by atoms with van der Waals surface area (Å²) >= 11 is 6.02. The van der Waals surface area contributed by atoms with E-state index in [2.05, 4.69) is 10.0 Å². The molecular weight excluding hydrogens is 300 g/mol. The van der Waals surface area contributed by atoms with Gasteiger partial charge in [0.1, 0.15) is 5.75 Å². The second kappa shape index (κ2) is 6.30. The van der Waals surface area contributed by atoms with E-state index in [1.54, 1.807) is 13.0 Å². The standard InChI is InChI=1S/C13H19ClN2O3S/c1-9-7-12(19-2)11(14)8-13(9)20(17,18)16-10-3-5-15-6-4-10/h7-8,10,15-16H,3-6H2,1-2H3. The third kappa shape index (κ3) is 3.44. The molecule has 1 saturated heterocycles. The van der Waals surface area contributed by atoms with Crippen LogP contribution in [0.4, 0.5) is 0 Å². The maximum absolute atomic E-state index is 12.4. The minimum atomic E-state index is -3.56. The van der Waals surface area contributed by atoms with Crippen molar-refractivity contribution in [3.63, 3.8) is 0 Å². The van der Waals surface area contributed by atoms with E-state index in [4.69, 9.17) is 16.3 Å². The summed E-state index contributed by atoms with van der Waals surface area (Å²) in [6, 6.07) is 3.06. The molecule has 0 atom stereocenters. The average molecular weight is 319 g/mol. The first-order valence-electron chi connectivity index (χ1n) is 6.51. The maximum Gasteiger partial charge on any atom is 0.241 e. The smallest absolute Gasteiger partial charge is 0.241 e. The van der Waals surface area contributed by atoms with Crippen molar-refractivity contribution in [1.82, 2.24) is 10.0 Å². The Morgan fingerprint density at radius 2 is 2.00 bits per heavy atom. The fourth-order valence-electron chi connectivity index (χ4n) is 2.31. The zero-order valence-electron chi connectivity index (χ0n) is 11.6. The number of rotatable bonds is 4. The molecule has 0 spiro atoms. The van der Waals surface area contributed by atoms with Gasteiger partial charge in [0.05, 0.1) is 17.0 Å². The van der Waals surface area contributed by atoms with Gasteiger partial charge in [0, 0.05) is 6.04 Å². The van der Waals surface area contributed by atoms with Crippen molar-refractivity contribution >= 4 is 21.6 Å². The maximum atomic E-state index is 12.4. The lowest BCUT2D eigenvalue weighted by Gasteiger charge is -2.24. The van der Waals surface area contributed by atoms with Gasteiger partial charge in [-0.3, -0.25) is 0 Å². The van der Waals surface area contributed by atoms with Crippen LogP contribution in [0.15, 0.2) is 17.0 Å². The summed E-state index contributed by atoms with van der Waals surface area (Å²) in [5, 5.41) is 3.50. The Morgan fingerprint density at radius 3 is 2.60 bits per heavy atom. The van der Waals surface area contributed by atoms with Crippen molar-refractivity contribution in [2.24, 2.45) is 0 Å². The number of sulfonamides is 1. The highest BCUT2D eigenvalue weighted by atomic mass is 35.5. The third-order valence-electron chi connectivity index (χ3n) is 3.40. The van der Waals surface area contributed by atoms with E-state index < -0.39 is 10.0 Å². The fourth-order valence-corrected chi connectivity index (χ4v) is 4.17. The highest BCUT2D eigenvalue weighted by Crippen LogP contribution is 2.30. The van der Waals surface area contributed by atoms with Crippen LogP contribution >= 0.6 is 11.6 Å². The molecule has 20 heavy (non-hydrogen) atoms. The van der Waals surface area contributed by atoms with Gasteiger partial charge >= 0.3 is 0 Å². The number of benzene rings is 1. The first-order valence-corrected chi connectivity index (χ1v) is 8.37. The van der Waals surface area contributed by atoms with Crippen molar-refractivity contribution in [3.8, 4) is 5.75 Å². The number of ether oxygens (including phenoxy) is 1. The molecule has 112 valence electrons. The quantitative estimate of drug-likeness (QED) is 0.886. The summed E-state index contributed by atoms with van der Waals surface area (Å²) in [5.41, 5.74) is 0.618. The predicted molar refractivity (Wildman–Crippen MR) is 79.0 cm³/mol. The van der Waals surface area contributed by atoms with Crippen molar-refractivity contribution in [1.29, 1.82) is 0 Å². The Labute approximate surface area is 124 Å². The number of methoxy groups -OCH3 is 1. The molecule has 1 fully saturated rings. The van der Waals surface area contributed by atoms with Gasteiger partial charge in [0.25, 0.3) is 0 Å². The van der Waals surface area contributed by atoms with Gasteiger partial charge in [0.15, 0.2) is 0 Å². The van der Waals surface area contributed by atoms with Gasteiger partial charge in [-0.25, -0.2) is 13.1 Å². The SMILES string of the molecule is COc1cc(C)c(S(=O)(=O)NC2CCNCC2)cc1Cl. The van der Waals surface area contributed by atoms with Crippen LogP contribution in [-0.4, -0.2) is 34.7 Å². The van der Waals surface area contributed by atoms with Crippen molar-refractivity contribution in [2.45, 2.75) is 30.7 Å². The first kappa shape index (κ1) is 15.6. The van der Waals surface area contributed by atoms with Crippen LogP contribution in [0.1, 0.15) is 18.4 Å². The molecule has 0 amide bonds. The van der Waals surface area contributed by atoms with E-state index in [-0.39, 0.29) is 10.9 Å². The lowest BCUT2D eigenvalue weighted by Crippen LogP contribution is -2.42. The second-order valence-corrected chi connectivity index (χ2v) is 6.99. The summed E-state index contributed by atoms with van der Waals surface area (Å²) in [6.07, 6.45) is 1.59. The molecule has 0 saturated carbocycles. The summed E-state index contributed by atoms with van der Waals surface area (Å²) in [7, 11) is -2.05. The third-order valence-corrected chi connectivity index (χ3v) is 5.36. The van der Waals surface area contributed by atoms with Crippen LogP contribution in [0.2, 0.25) is 5.02 Å². The molecule has 7 heteroatoms. The van der Waals surface area contributed by atoms with Gasteiger partial charge in [-0.1, -0.05) is 11.6 Å². The Balaban J connectivity index is 2.26. The van der Waals surface area contributed by atoms with Crippen LogP contribution in [0.3, 0.4) is 0 Å². The van der Waals surface area contributed by atoms with E-state index in [1.165, 1.54) is 13.2 Å². The molecule has 2 rings (SSSR count). The van der Waals surface area contributed by atoms with E-state index in [0.29, 0.717) is 16.3 Å². The molecule has 1 aliphatic heterocycles. The van der Waals surface area contributed by atoms with Crippen LogP contribution in [0, 0.1) is 6.92 Å². The Morgan fingerprint density at radius 1 is 1.35 bits per heavy atom. The first-order chi connectivity index (χ1) is 9.44. The van der Waals surface area contributed by atoms with Gasteiger partial charge < -0.3 is 10.1 Å². The molecule has 0 aliphatic carbocycles. The van der Waals surface area contributed by atoms with Crippen LogP contribution in [0.25, 0.3) is 0 Å². The monoisotopic (exact) mass is 318 g/mol. The van der Waals surface area contributed by atoms with Gasteiger partial charge in [-0.15, -0.1) is 0 Å². The van der Waals surface area contributed by atoms with E-state index in [0.717, 1.165) is 25.9 Å². The zero-order valence-corrected chi connectivity index (χ0v) is 13.1. The molecule has 0 unspecified atom stereocenters. The minimum Gasteiger partial charge on any atom is -0.495 e. The molecule has 0 aromatic heterocycles. The van der Waals surface area contributed by atoms with Crippen molar-refractivity contribution in [2.75, 3.05) is 20.2 Å². The Bertz CT molecular complexity index is 584. The topological polar surface area (TPSA) is 67.4 Å². The van der Waals surface area contributed by atoms with Crippen molar-refractivity contribution < 1.29 is 13.2 Å². The molecule has 0 radical (unpaired) electrons. The summed E-state index contributed by atoms with van der Waals surface area (Å²) in [5.74, 6) is 0.477. The normalized spacial score (nSPS) is 17.1. The number of aryl methyl sites for hydroxylation is 1. The molecule has 1 aromatic carbocycles. The van der Waals surface area contributed by atoms with Crippen LogP contribution < -0.4 is 14.8 Å². The number of hydrogen-bond acceptors (Lipinski definition) is 4. The van der Waals surface area contributed by atoms with E-state index in [9.17, 15) is 8.42 Å². The molecule has 2 N–H and O–H groups in total. The van der Waals surface area contributed by atoms with Gasteiger partial charge in [-0.2, -0.15) is 0 Å². The number of hydrogen-bond donors (Lipinski definition) is 2. The molecular formula is C13H19ClN2O3S. The average Bonchev–Trinajstić information content (AvgIpc) is 2.41. The summed E-state index contributed by atoms with van der Waals surface area (Å²) in [4.78, 5) is 0.210. The number of nitrogens with one attached hydrogen (secondary N) is 2. The molecule has 1 aliphatic rings. The van der Waals surface area contributed by atoms with Crippen LogP contribution in [0.5, 0.6) is 5.75 Å². The summed E-state index contributed by atoms with van der Waals surface area (Å²) < 4.78 is 32.7. The summed E-state index contributed by atoms with van der Waals surface area (Å²) in [6.45, 7) is 3.39.